The minimum absolute atomic E-state index is 0.174. The zero-order valence-corrected chi connectivity index (χ0v) is 10.3. The van der Waals surface area contributed by atoms with Gasteiger partial charge in [0.1, 0.15) is 5.82 Å². The Kier molecular flexibility index (Phi) is 4.30. The Morgan fingerprint density at radius 3 is 3.06 bits per heavy atom. The quantitative estimate of drug-likeness (QED) is 0.797. The van der Waals surface area contributed by atoms with Crippen LogP contribution in [-0.4, -0.2) is 37.2 Å². The van der Waals surface area contributed by atoms with Crippen molar-refractivity contribution >= 4 is 11.7 Å². The average molecular weight is 247 g/mol. The van der Waals surface area contributed by atoms with E-state index >= 15 is 0 Å². The standard InChI is InChI=1S/C13H17N3O2/c1-2-12(17)15-10-11-4-3-5-14-13(11)16-6-8-18-9-7-16/h2-5H,1,6-10H2,(H,15,17). The molecule has 96 valence electrons. The molecule has 5 nitrogen and oxygen atoms in total. The Morgan fingerprint density at radius 1 is 1.56 bits per heavy atom. The Labute approximate surface area is 106 Å². The van der Waals surface area contributed by atoms with E-state index in [1.165, 1.54) is 6.08 Å². The van der Waals surface area contributed by atoms with Gasteiger partial charge in [-0.2, -0.15) is 0 Å². The maximum atomic E-state index is 11.2. The minimum Gasteiger partial charge on any atom is -0.378 e. The lowest BCUT2D eigenvalue weighted by Gasteiger charge is -2.29. The van der Waals surface area contributed by atoms with Crippen LogP contribution in [0.2, 0.25) is 0 Å². The molecular weight excluding hydrogens is 230 g/mol. The van der Waals surface area contributed by atoms with Gasteiger partial charge in [0, 0.05) is 31.4 Å². The summed E-state index contributed by atoms with van der Waals surface area (Å²) in [6.45, 7) is 6.99. The Hall–Kier alpha value is -1.88. The van der Waals surface area contributed by atoms with Crippen LogP contribution in [-0.2, 0) is 16.1 Å². The van der Waals surface area contributed by atoms with Crippen molar-refractivity contribution in [3.05, 3.63) is 36.5 Å². The Morgan fingerprint density at radius 2 is 2.33 bits per heavy atom. The van der Waals surface area contributed by atoms with Crippen LogP contribution < -0.4 is 10.2 Å². The molecule has 0 radical (unpaired) electrons. The van der Waals surface area contributed by atoms with Crippen molar-refractivity contribution < 1.29 is 9.53 Å². The zero-order valence-electron chi connectivity index (χ0n) is 10.3. The molecular formula is C13H17N3O2. The number of amides is 1. The fourth-order valence-electron chi connectivity index (χ4n) is 1.88. The molecule has 1 aromatic heterocycles. The van der Waals surface area contributed by atoms with Crippen molar-refractivity contribution in [1.29, 1.82) is 0 Å². The topological polar surface area (TPSA) is 54.5 Å². The minimum atomic E-state index is -0.174. The third kappa shape index (κ3) is 3.07. The molecule has 0 spiro atoms. The number of hydrogen-bond donors (Lipinski definition) is 1. The largest absolute Gasteiger partial charge is 0.378 e. The molecule has 1 fully saturated rings. The lowest BCUT2D eigenvalue weighted by atomic mass is 10.2. The van der Waals surface area contributed by atoms with Crippen molar-refractivity contribution in [3.8, 4) is 0 Å². The van der Waals surface area contributed by atoms with Gasteiger partial charge in [-0.15, -0.1) is 0 Å². The molecule has 0 atom stereocenters. The number of hydrogen-bond acceptors (Lipinski definition) is 4. The zero-order chi connectivity index (χ0) is 12.8. The van der Waals surface area contributed by atoms with Crippen LogP contribution in [0.15, 0.2) is 31.0 Å². The number of pyridine rings is 1. The van der Waals surface area contributed by atoms with Crippen LogP contribution in [0.1, 0.15) is 5.56 Å². The van der Waals surface area contributed by atoms with E-state index in [9.17, 15) is 4.79 Å². The smallest absolute Gasteiger partial charge is 0.243 e. The molecule has 0 aliphatic carbocycles. The summed E-state index contributed by atoms with van der Waals surface area (Å²) in [5.74, 6) is 0.747. The average Bonchev–Trinajstić information content (AvgIpc) is 2.46. The van der Waals surface area contributed by atoms with Gasteiger partial charge >= 0.3 is 0 Å². The number of aromatic nitrogens is 1. The molecule has 0 unspecified atom stereocenters. The number of anilines is 1. The predicted octanol–water partition coefficient (Wildman–Crippen LogP) is 0.720. The molecule has 18 heavy (non-hydrogen) atoms. The molecule has 1 saturated heterocycles. The number of rotatable bonds is 4. The molecule has 2 heterocycles. The van der Waals surface area contributed by atoms with Crippen molar-refractivity contribution in [2.75, 3.05) is 31.2 Å². The number of nitrogens with one attached hydrogen (secondary N) is 1. The molecule has 1 N–H and O–H groups in total. The highest BCUT2D eigenvalue weighted by atomic mass is 16.5. The molecule has 0 aromatic carbocycles. The summed E-state index contributed by atoms with van der Waals surface area (Å²) in [6, 6.07) is 3.85. The summed E-state index contributed by atoms with van der Waals surface area (Å²) < 4.78 is 5.32. The fourth-order valence-corrected chi connectivity index (χ4v) is 1.88. The van der Waals surface area contributed by atoms with Crippen molar-refractivity contribution in [1.82, 2.24) is 10.3 Å². The summed E-state index contributed by atoms with van der Waals surface area (Å²) in [4.78, 5) is 17.8. The lowest BCUT2D eigenvalue weighted by molar-refractivity contribution is -0.116. The van der Waals surface area contributed by atoms with E-state index in [0.717, 1.165) is 37.7 Å². The molecule has 0 bridgehead atoms. The van der Waals surface area contributed by atoms with E-state index in [1.807, 2.05) is 12.1 Å². The summed E-state index contributed by atoms with van der Waals surface area (Å²) in [7, 11) is 0. The molecule has 5 heteroatoms. The fraction of sp³-hybridized carbons (Fsp3) is 0.385. The molecule has 2 rings (SSSR count). The van der Waals surface area contributed by atoms with E-state index in [4.69, 9.17) is 4.74 Å². The van der Waals surface area contributed by atoms with Crippen molar-refractivity contribution in [3.63, 3.8) is 0 Å². The lowest BCUT2D eigenvalue weighted by Crippen LogP contribution is -2.37. The van der Waals surface area contributed by atoms with Gasteiger partial charge in [0.2, 0.25) is 5.91 Å². The Balaban J connectivity index is 2.09. The second-order valence-corrected chi connectivity index (χ2v) is 4.01. The number of morpholine rings is 1. The second kappa shape index (κ2) is 6.16. The Bertz CT molecular complexity index is 428. The SMILES string of the molecule is C=CC(=O)NCc1cccnc1N1CCOCC1. The molecule has 1 aliphatic rings. The normalized spacial score (nSPS) is 15.2. The monoisotopic (exact) mass is 247 g/mol. The van der Waals surface area contributed by atoms with Crippen LogP contribution in [0, 0.1) is 0 Å². The highest BCUT2D eigenvalue weighted by molar-refractivity contribution is 5.86. The molecule has 0 saturated carbocycles. The van der Waals surface area contributed by atoms with Gasteiger partial charge in [-0.1, -0.05) is 12.6 Å². The summed E-state index contributed by atoms with van der Waals surface area (Å²) in [5, 5.41) is 2.77. The van der Waals surface area contributed by atoms with E-state index in [2.05, 4.69) is 21.8 Å². The van der Waals surface area contributed by atoms with Gasteiger partial charge in [-0.3, -0.25) is 4.79 Å². The van der Waals surface area contributed by atoms with Gasteiger partial charge in [-0.25, -0.2) is 4.98 Å². The van der Waals surface area contributed by atoms with Crippen LogP contribution in [0.4, 0.5) is 5.82 Å². The predicted molar refractivity (Wildman–Crippen MR) is 69.3 cm³/mol. The van der Waals surface area contributed by atoms with Crippen LogP contribution in [0.25, 0.3) is 0 Å². The highest BCUT2D eigenvalue weighted by Gasteiger charge is 2.15. The first kappa shape index (κ1) is 12.6. The summed E-state index contributed by atoms with van der Waals surface area (Å²) in [6.07, 6.45) is 3.04. The van der Waals surface area contributed by atoms with E-state index < -0.39 is 0 Å². The van der Waals surface area contributed by atoms with E-state index in [1.54, 1.807) is 6.20 Å². The molecule has 1 aromatic rings. The molecule has 1 amide bonds. The van der Waals surface area contributed by atoms with E-state index in [0.29, 0.717) is 6.54 Å². The third-order valence-electron chi connectivity index (χ3n) is 2.82. The van der Waals surface area contributed by atoms with Crippen LogP contribution in [0.5, 0.6) is 0 Å². The van der Waals surface area contributed by atoms with Crippen LogP contribution in [0.3, 0.4) is 0 Å². The second-order valence-electron chi connectivity index (χ2n) is 4.01. The summed E-state index contributed by atoms with van der Waals surface area (Å²) >= 11 is 0. The third-order valence-corrected chi connectivity index (χ3v) is 2.82. The maximum absolute atomic E-state index is 11.2. The van der Waals surface area contributed by atoms with Gasteiger partial charge in [-0.05, 0) is 12.1 Å². The van der Waals surface area contributed by atoms with Gasteiger partial charge in [0.15, 0.2) is 0 Å². The number of carbonyl (C=O) groups is 1. The van der Waals surface area contributed by atoms with Crippen LogP contribution >= 0.6 is 0 Å². The highest BCUT2D eigenvalue weighted by Crippen LogP contribution is 2.18. The number of ether oxygens (including phenoxy) is 1. The first-order valence-electron chi connectivity index (χ1n) is 5.98. The van der Waals surface area contributed by atoms with Gasteiger partial charge in [0.25, 0.3) is 0 Å². The van der Waals surface area contributed by atoms with Gasteiger partial charge in [0.05, 0.1) is 13.2 Å². The van der Waals surface area contributed by atoms with Crippen molar-refractivity contribution in [2.45, 2.75) is 6.54 Å². The summed E-state index contributed by atoms with van der Waals surface area (Å²) in [5.41, 5.74) is 1.01. The number of nitrogens with zero attached hydrogens (tertiary/aromatic N) is 2. The number of carbonyl (C=O) groups excluding carboxylic acids is 1. The molecule has 1 aliphatic heterocycles. The maximum Gasteiger partial charge on any atom is 0.243 e. The van der Waals surface area contributed by atoms with Crippen molar-refractivity contribution in [2.24, 2.45) is 0 Å². The van der Waals surface area contributed by atoms with E-state index in [-0.39, 0.29) is 5.91 Å². The first-order chi connectivity index (χ1) is 8.81. The first-order valence-corrected chi connectivity index (χ1v) is 5.98. The van der Waals surface area contributed by atoms with Gasteiger partial charge < -0.3 is 15.0 Å².